The lowest BCUT2D eigenvalue weighted by molar-refractivity contribution is -0.383. The van der Waals surface area contributed by atoms with E-state index < -0.39 is 0 Å². The first kappa shape index (κ1) is 19.1. The number of ether oxygens (including phenoxy) is 1. The predicted molar refractivity (Wildman–Crippen MR) is 114 cm³/mol. The first-order chi connectivity index (χ1) is 14.5. The van der Waals surface area contributed by atoms with Crippen LogP contribution in [0.3, 0.4) is 0 Å². The molecule has 8 nitrogen and oxygen atoms in total. The molecule has 0 amide bonds. The molecule has 2 aromatic rings. The minimum atomic E-state index is -0.389. The number of aromatic nitrogens is 2. The molecular weight excluding hydrogens is 382 g/mol. The van der Waals surface area contributed by atoms with Crippen LogP contribution in [0, 0.1) is 27.9 Å². The van der Waals surface area contributed by atoms with Crippen molar-refractivity contribution >= 4 is 23.0 Å². The van der Waals surface area contributed by atoms with Crippen molar-refractivity contribution in [3.63, 3.8) is 0 Å². The number of hydrogen-bond donors (Lipinski definition) is 2. The topological polar surface area (TPSA) is 102 Å². The summed E-state index contributed by atoms with van der Waals surface area (Å²) >= 11 is 0. The van der Waals surface area contributed by atoms with Gasteiger partial charge in [0.15, 0.2) is 0 Å². The minimum Gasteiger partial charge on any atom is -0.494 e. The summed E-state index contributed by atoms with van der Waals surface area (Å²) in [6, 6.07) is 7.30. The molecule has 0 saturated heterocycles. The standard InChI is InChI=1S/C22H27N5O3/c1-2-30-18-5-3-17(4-6-18)25-20-19(27(28)29)21(24-13-23-20)26-22-10-14-7-15(11-22)9-16(8-14)12-22/h3-6,13-16H,2,7-12H2,1H3,(H2,23,24,25,26). The molecule has 8 heteroatoms. The fraction of sp³-hybridized carbons (Fsp3) is 0.545. The quantitative estimate of drug-likeness (QED) is 0.495. The summed E-state index contributed by atoms with van der Waals surface area (Å²) in [6.07, 6.45) is 8.60. The molecule has 4 aliphatic carbocycles. The zero-order chi connectivity index (χ0) is 20.7. The Kier molecular flexibility index (Phi) is 4.72. The van der Waals surface area contributed by atoms with Crippen LogP contribution < -0.4 is 15.4 Å². The Hall–Kier alpha value is -2.90. The zero-order valence-electron chi connectivity index (χ0n) is 17.1. The van der Waals surface area contributed by atoms with Crippen LogP contribution in [0.25, 0.3) is 0 Å². The van der Waals surface area contributed by atoms with Gasteiger partial charge in [-0.1, -0.05) is 0 Å². The lowest BCUT2D eigenvalue weighted by Crippen LogP contribution is -2.55. The predicted octanol–water partition coefficient (Wildman–Crippen LogP) is 4.91. The summed E-state index contributed by atoms with van der Waals surface area (Å²) in [6.45, 7) is 2.51. The highest BCUT2D eigenvalue weighted by molar-refractivity contribution is 5.74. The molecule has 6 rings (SSSR count). The maximum atomic E-state index is 12.0. The lowest BCUT2D eigenvalue weighted by Gasteiger charge is -2.57. The number of nitro groups is 1. The molecule has 158 valence electrons. The molecule has 0 unspecified atom stereocenters. The summed E-state index contributed by atoms with van der Waals surface area (Å²) in [5.74, 6) is 3.50. The fourth-order valence-electron chi connectivity index (χ4n) is 6.19. The van der Waals surface area contributed by atoms with Crippen LogP contribution in [0.2, 0.25) is 0 Å². The monoisotopic (exact) mass is 409 g/mol. The Morgan fingerprint density at radius 3 is 2.23 bits per heavy atom. The van der Waals surface area contributed by atoms with Gasteiger partial charge in [-0.05, 0) is 87.5 Å². The van der Waals surface area contributed by atoms with E-state index in [1.165, 1.54) is 25.6 Å². The van der Waals surface area contributed by atoms with Crippen molar-refractivity contribution in [2.75, 3.05) is 17.2 Å². The maximum absolute atomic E-state index is 12.0. The normalized spacial score (nSPS) is 28.9. The first-order valence-corrected chi connectivity index (χ1v) is 10.8. The highest BCUT2D eigenvalue weighted by atomic mass is 16.6. The summed E-state index contributed by atoms with van der Waals surface area (Å²) in [7, 11) is 0. The number of nitrogens with one attached hydrogen (secondary N) is 2. The second-order valence-electron chi connectivity index (χ2n) is 9.08. The SMILES string of the molecule is CCOc1ccc(Nc2ncnc(NC34CC5CC(CC(C5)C3)C4)c2[N+](=O)[O-])cc1. The van der Waals surface area contributed by atoms with Gasteiger partial charge in [-0.25, -0.2) is 9.97 Å². The van der Waals surface area contributed by atoms with E-state index in [0.29, 0.717) is 18.1 Å². The Balaban J connectivity index is 1.42. The van der Waals surface area contributed by atoms with Gasteiger partial charge < -0.3 is 15.4 Å². The van der Waals surface area contributed by atoms with Crippen LogP contribution in [0.5, 0.6) is 5.75 Å². The Morgan fingerprint density at radius 2 is 1.67 bits per heavy atom. The Morgan fingerprint density at radius 1 is 1.07 bits per heavy atom. The third-order valence-corrected chi connectivity index (χ3v) is 6.85. The molecular formula is C22H27N5O3. The molecule has 4 aliphatic rings. The van der Waals surface area contributed by atoms with Gasteiger partial charge in [0.1, 0.15) is 12.1 Å². The minimum absolute atomic E-state index is 0.0652. The van der Waals surface area contributed by atoms with Gasteiger partial charge in [0, 0.05) is 11.2 Å². The van der Waals surface area contributed by atoms with Crippen molar-refractivity contribution < 1.29 is 9.66 Å². The van der Waals surface area contributed by atoms with Crippen LogP contribution in [-0.4, -0.2) is 27.0 Å². The molecule has 30 heavy (non-hydrogen) atoms. The van der Waals surface area contributed by atoms with Gasteiger partial charge in [0.05, 0.1) is 11.5 Å². The second kappa shape index (κ2) is 7.41. The van der Waals surface area contributed by atoms with E-state index >= 15 is 0 Å². The van der Waals surface area contributed by atoms with Crippen molar-refractivity contribution in [3.8, 4) is 5.75 Å². The van der Waals surface area contributed by atoms with E-state index in [2.05, 4.69) is 20.6 Å². The van der Waals surface area contributed by atoms with Gasteiger partial charge in [-0.3, -0.25) is 10.1 Å². The molecule has 4 bridgehead atoms. The van der Waals surface area contributed by atoms with E-state index in [1.807, 2.05) is 31.2 Å². The average molecular weight is 409 g/mol. The molecule has 1 aromatic heterocycles. The van der Waals surface area contributed by atoms with Crippen LogP contribution in [0.15, 0.2) is 30.6 Å². The lowest BCUT2D eigenvalue weighted by atomic mass is 9.53. The average Bonchev–Trinajstić information content (AvgIpc) is 2.68. The van der Waals surface area contributed by atoms with Gasteiger partial charge in [-0.15, -0.1) is 0 Å². The molecule has 2 N–H and O–H groups in total. The number of hydrogen-bond acceptors (Lipinski definition) is 7. The summed E-state index contributed by atoms with van der Waals surface area (Å²) < 4.78 is 5.45. The van der Waals surface area contributed by atoms with Crippen molar-refractivity contribution in [2.24, 2.45) is 17.8 Å². The Bertz CT molecular complexity index is 911. The number of anilines is 3. The van der Waals surface area contributed by atoms with Gasteiger partial charge >= 0.3 is 5.69 Å². The van der Waals surface area contributed by atoms with Crippen molar-refractivity contribution in [3.05, 3.63) is 40.7 Å². The third-order valence-electron chi connectivity index (χ3n) is 6.85. The molecule has 4 saturated carbocycles. The molecule has 0 radical (unpaired) electrons. The van der Waals surface area contributed by atoms with Crippen molar-refractivity contribution in [1.82, 2.24) is 9.97 Å². The van der Waals surface area contributed by atoms with Crippen molar-refractivity contribution in [1.29, 1.82) is 0 Å². The highest BCUT2D eigenvalue weighted by Gasteiger charge is 2.51. The number of rotatable bonds is 7. The van der Waals surface area contributed by atoms with Crippen molar-refractivity contribution in [2.45, 2.75) is 51.0 Å². The number of benzene rings is 1. The summed E-state index contributed by atoms with van der Waals surface area (Å²) in [5.41, 5.74) is 0.549. The smallest absolute Gasteiger partial charge is 0.353 e. The zero-order valence-corrected chi connectivity index (χ0v) is 17.1. The molecule has 1 aromatic carbocycles. The van der Waals surface area contributed by atoms with Crippen LogP contribution in [-0.2, 0) is 0 Å². The third kappa shape index (κ3) is 3.55. The van der Waals surface area contributed by atoms with Crippen LogP contribution in [0.4, 0.5) is 23.0 Å². The second-order valence-corrected chi connectivity index (χ2v) is 9.08. The molecule has 0 spiro atoms. The summed E-state index contributed by atoms with van der Waals surface area (Å²) in [4.78, 5) is 20.1. The van der Waals surface area contributed by atoms with E-state index in [4.69, 9.17) is 4.74 Å². The fourth-order valence-corrected chi connectivity index (χ4v) is 6.19. The van der Waals surface area contributed by atoms with Crippen LogP contribution in [0.1, 0.15) is 45.4 Å². The van der Waals surface area contributed by atoms with E-state index in [9.17, 15) is 10.1 Å². The molecule has 0 atom stereocenters. The number of nitrogens with zero attached hydrogens (tertiary/aromatic N) is 3. The highest BCUT2D eigenvalue weighted by Crippen LogP contribution is 2.57. The Labute approximate surface area is 175 Å². The van der Waals surface area contributed by atoms with Crippen LogP contribution >= 0.6 is 0 Å². The first-order valence-electron chi connectivity index (χ1n) is 10.8. The van der Waals surface area contributed by atoms with E-state index in [-0.39, 0.29) is 22.0 Å². The molecule has 0 aliphatic heterocycles. The van der Waals surface area contributed by atoms with Gasteiger partial charge in [0.2, 0.25) is 11.6 Å². The van der Waals surface area contributed by atoms with E-state index in [0.717, 1.165) is 42.8 Å². The molecule has 1 heterocycles. The summed E-state index contributed by atoms with van der Waals surface area (Å²) in [5, 5.41) is 18.6. The van der Waals surface area contributed by atoms with Gasteiger partial charge in [-0.2, -0.15) is 0 Å². The largest absolute Gasteiger partial charge is 0.494 e. The maximum Gasteiger partial charge on any atom is 0.353 e. The van der Waals surface area contributed by atoms with Gasteiger partial charge in [0.25, 0.3) is 0 Å². The van der Waals surface area contributed by atoms with E-state index in [1.54, 1.807) is 0 Å². The molecule has 4 fully saturated rings.